The van der Waals surface area contributed by atoms with Crippen molar-refractivity contribution in [2.24, 2.45) is 17.8 Å². The van der Waals surface area contributed by atoms with Crippen LogP contribution in [0.15, 0.2) is 22.9 Å². The fourth-order valence-electron chi connectivity index (χ4n) is 4.05. The number of hydrogen-bond acceptors (Lipinski definition) is 4. The molecule has 1 saturated carbocycles. The van der Waals surface area contributed by atoms with Gasteiger partial charge in [-0.25, -0.2) is 13.7 Å². The molecule has 5 rings (SSSR count). The Balaban J connectivity index is 1.39. The highest BCUT2D eigenvalue weighted by molar-refractivity contribution is 9.10. The normalized spacial score (nSPS) is 24.6. The quantitative estimate of drug-likeness (QED) is 0.721. The average molecular weight is 440 g/mol. The topological polar surface area (TPSA) is 56.1 Å². The highest BCUT2D eigenvalue weighted by atomic mass is 79.9. The molecule has 2 bridgehead atoms. The highest BCUT2D eigenvalue weighted by Gasteiger charge is 2.48. The number of carbonyl (C=O) groups excluding carboxylic acids is 1. The van der Waals surface area contributed by atoms with Gasteiger partial charge in [-0.05, 0) is 61.0 Å². The first-order chi connectivity index (χ1) is 12.7. The largest absolute Gasteiger partial charge is 0.491 e. The Morgan fingerprint density at radius 3 is 2.74 bits per heavy atom. The van der Waals surface area contributed by atoms with Gasteiger partial charge < -0.3 is 14.4 Å². The van der Waals surface area contributed by atoms with Crippen molar-refractivity contribution in [3.8, 4) is 5.75 Å². The summed E-state index contributed by atoms with van der Waals surface area (Å²) in [7, 11) is 0. The van der Waals surface area contributed by atoms with Gasteiger partial charge in [-0.1, -0.05) is 0 Å². The van der Waals surface area contributed by atoms with Crippen molar-refractivity contribution in [3.63, 3.8) is 0 Å². The predicted molar refractivity (Wildman–Crippen MR) is 101 cm³/mol. The van der Waals surface area contributed by atoms with E-state index in [-0.39, 0.29) is 6.09 Å². The molecule has 2 aromatic heterocycles. The van der Waals surface area contributed by atoms with Crippen LogP contribution in [-0.4, -0.2) is 45.9 Å². The van der Waals surface area contributed by atoms with Gasteiger partial charge >= 0.3 is 6.09 Å². The maximum Gasteiger partial charge on any atom is 0.410 e. The fourth-order valence-corrected chi connectivity index (χ4v) is 4.45. The van der Waals surface area contributed by atoms with E-state index in [1.807, 2.05) is 20.8 Å². The Kier molecular flexibility index (Phi) is 4.56. The van der Waals surface area contributed by atoms with Crippen LogP contribution in [0.3, 0.4) is 0 Å². The number of fused-ring (bicyclic) bond motifs is 3. The van der Waals surface area contributed by atoms with Crippen molar-refractivity contribution in [2.75, 3.05) is 19.7 Å². The smallest absolute Gasteiger partial charge is 0.410 e. The van der Waals surface area contributed by atoms with Gasteiger partial charge in [0.2, 0.25) is 0 Å². The van der Waals surface area contributed by atoms with Crippen molar-refractivity contribution < 1.29 is 18.7 Å². The van der Waals surface area contributed by atoms with E-state index in [0.717, 1.165) is 10.9 Å². The van der Waals surface area contributed by atoms with E-state index in [2.05, 4.69) is 21.0 Å². The van der Waals surface area contributed by atoms with Gasteiger partial charge in [0.1, 0.15) is 16.9 Å². The Morgan fingerprint density at radius 2 is 2.07 bits per heavy atom. The third-order valence-corrected chi connectivity index (χ3v) is 5.74. The summed E-state index contributed by atoms with van der Waals surface area (Å²) in [6.45, 7) is 7.51. The van der Waals surface area contributed by atoms with Gasteiger partial charge in [0.15, 0.2) is 5.82 Å². The highest BCUT2D eigenvalue weighted by Crippen LogP contribution is 2.46. The van der Waals surface area contributed by atoms with Crippen molar-refractivity contribution in [1.29, 1.82) is 0 Å². The SMILES string of the molecule is CC(C)(C)OC(=O)N1CC2CC(C1)C2COc1cc(Br)cn2ncc(F)c12. The molecule has 2 aliphatic heterocycles. The molecule has 0 N–H and O–H groups in total. The van der Waals surface area contributed by atoms with Gasteiger partial charge in [-0.3, -0.25) is 0 Å². The summed E-state index contributed by atoms with van der Waals surface area (Å²) < 4.78 is 27.7. The maximum atomic E-state index is 14.0. The Hall–Kier alpha value is -1.83. The summed E-state index contributed by atoms with van der Waals surface area (Å²) in [6, 6.07) is 1.77. The maximum absolute atomic E-state index is 14.0. The molecule has 2 atom stereocenters. The number of pyridine rings is 1. The summed E-state index contributed by atoms with van der Waals surface area (Å²) in [5.74, 6) is 1.24. The minimum Gasteiger partial charge on any atom is -0.491 e. The lowest BCUT2D eigenvalue weighted by Gasteiger charge is -2.53. The van der Waals surface area contributed by atoms with Crippen molar-refractivity contribution in [3.05, 3.63) is 28.7 Å². The number of nitrogens with zero attached hydrogens (tertiary/aromatic N) is 3. The first-order valence-corrected chi connectivity index (χ1v) is 9.93. The van der Waals surface area contributed by atoms with Gasteiger partial charge in [-0.2, -0.15) is 5.10 Å². The van der Waals surface area contributed by atoms with Crippen LogP contribution in [-0.2, 0) is 4.74 Å². The predicted octanol–water partition coefficient (Wildman–Crippen LogP) is 4.12. The first-order valence-electron chi connectivity index (χ1n) is 9.14. The molecule has 2 aromatic rings. The molecule has 3 fully saturated rings. The lowest BCUT2D eigenvalue weighted by atomic mass is 9.62. The minimum absolute atomic E-state index is 0.244. The van der Waals surface area contributed by atoms with Gasteiger partial charge in [0.25, 0.3) is 0 Å². The number of aromatic nitrogens is 2. The number of piperidine rings is 2. The minimum atomic E-state index is -0.484. The molecular formula is C19H23BrFN3O3. The second kappa shape index (κ2) is 6.65. The van der Waals surface area contributed by atoms with E-state index in [9.17, 15) is 9.18 Å². The van der Waals surface area contributed by atoms with E-state index < -0.39 is 11.4 Å². The summed E-state index contributed by atoms with van der Waals surface area (Å²) in [5.41, 5.74) is -0.138. The van der Waals surface area contributed by atoms with Crippen molar-refractivity contribution >= 4 is 27.5 Å². The Bertz CT molecular complexity index is 867. The molecule has 2 saturated heterocycles. The summed E-state index contributed by atoms with van der Waals surface area (Å²) in [4.78, 5) is 14.1. The molecule has 27 heavy (non-hydrogen) atoms. The van der Waals surface area contributed by atoms with E-state index in [1.165, 1.54) is 10.7 Å². The molecule has 8 heteroatoms. The number of ether oxygens (including phenoxy) is 2. The number of carbonyl (C=O) groups is 1. The molecule has 2 unspecified atom stereocenters. The number of hydrogen-bond donors (Lipinski definition) is 0. The molecule has 3 aliphatic rings. The second-order valence-corrected chi connectivity index (χ2v) is 9.34. The molecular weight excluding hydrogens is 417 g/mol. The molecule has 0 aromatic carbocycles. The molecule has 1 aliphatic carbocycles. The van der Waals surface area contributed by atoms with E-state index in [1.54, 1.807) is 17.2 Å². The number of amides is 1. The Labute approximate surface area is 165 Å². The van der Waals surface area contributed by atoms with E-state index in [0.29, 0.717) is 48.7 Å². The van der Waals surface area contributed by atoms with Crippen LogP contribution in [0, 0.1) is 23.6 Å². The van der Waals surface area contributed by atoms with Crippen LogP contribution in [0.4, 0.5) is 9.18 Å². The fraction of sp³-hybridized carbons (Fsp3) is 0.579. The Morgan fingerprint density at radius 1 is 1.37 bits per heavy atom. The molecule has 0 radical (unpaired) electrons. The second-order valence-electron chi connectivity index (χ2n) is 8.42. The van der Waals surface area contributed by atoms with E-state index >= 15 is 0 Å². The molecule has 4 heterocycles. The molecule has 6 nitrogen and oxygen atoms in total. The van der Waals surface area contributed by atoms with Gasteiger partial charge in [0.05, 0.1) is 12.8 Å². The van der Waals surface area contributed by atoms with Gasteiger partial charge in [0, 0.05) is 29.7 Å². The third-order valence-electron chi connectivity index (χ3n) is 5.31. The van der Waals surface area contributed by atoms with Crippen LogP contribution >= 0.6 is 15.9 Å². The van der Waals surface area contributed by atoms with Crippen molar-refractivity contribution in [1.82, 2.24) is 14.5 Å². The van der Waals surface area contributed by atoms with Gasteiger partial charge in [-0.15, -0.1) is 0 Å². The van der Waals surface area contributed by atoms with E-state index in [4.69, 9.17) is 9.47 Å². The summed E-state index contributed by atoms with van der Waals surface area (Å²) >= 11 is 3.41. The monoisotopic (exact) mass is 439 g/mol. The van der Waals surface area contributed by atoms with Crippen molar-refractivity contribution in [2.45, 2.75) is 32.8 Å². The van der Waals surface area contributed by atoms with Crippen LogP contribution < -0.4 is 4.74 Å². The molecule has 146 valence electrons. The lowest BCUT2D eigenvalue weighted by Crippen LogP contribution is -2.58. The standard InChI is InChI=1S/C19H23BrFN3O3/c1-19(2,3)27-18(25)23-7-11-4-12(8-23)14(11)10-26-16-5-13(20)9-24-17(16)15(21)6-22-24/h5-6,9,11-12,14H,4,7-8,10H2,1-3H3. The third kappa shape index (κ3) is 3.63. The number of halogens is 2. The molecule has 0 spiro atoms. The van der Waals surface area contributed by atoms with Crippen LogP contribution in [0.5, 0.6) is 5.75 Å². The lowest BCUT2D eigenvalue weighted by molar-refractivity contribution is -0.0682. The van der Waals surface area contributed by atoms with Crippen LogP contribution in [0.1, 0.15) is 27.2 Å². The number of rotatable bonds is 3. The zero-order valence-electron chi connectivity index (χ0n) is 15.6. The zero-order chi connectivity index (χ0) is 19.3. The van der Waals surface area contributed by atoms with Crippen LogP contribution in [0.25, 0.3) is 5.52 Å². The molecule has 1 amide bonds. The summed E-state index contributed by atoms with van der Waals surface area (Å²) in [5, 5.41) is 3.99. The first kappa shape index (κ1) is 18.5. The zero-order valence-corrected chi connectivity index (χ0v) is 17.2. The average Bonchev–Trinajstić information content (AvgIpc) is 2.94. The summed E-state index contributed by atoms with van der Waals surface area (Å²) in [6.07, 6.45) is 3.74. The van der Waals surface area contributed by atoms with Crippen LogP contribution in [0.2, 0.25) is 0 Å².